The Morgan fingerprint density at radius 3 is 0.736 bits per heavy atom. The third-order valence-electron chi connectivity index (χ3n) is 13.9. The van der Waals surface area contributed by atoms with Crippen molar-refractivity contribution in [2.45, 2.75) is 105 Å². The molecule has 0 spiro atoms. The maximum absolute atomic E-state index is 5.90. The van der Waals surface area contributed by atoms with E-state index in [2.05, 4.69) is 202 Å². The van der Waals surface area contributed by atoms with Crippen LogP contribution in [0.3, 0.4) is 0 Å². The summed E-state index contributed by atoms with van der Waals surface area (Å²) in [4.78, 5) is 19.2. The first-order valence-electron chi connectivity index (χ1n) is 24.9. The van der Waals surface area contributed by atoms with Crippen LogP contribution < -0.4 is 18.9 Å². The maximum Gasteiger partial charge on any atom is 0.123 e. The summed E-state index contributed by atoms with van der Waals surface area (Å²) >= 11 is 0. The first kappa shape index (κ1) is 49.7. The Morgan fingerprint density at radius 1 is 0.306 bits per heavy atom. The Bertz CT molecular complexity index is 3160. The van der Waals surface area contributed by atoms with Crippen molar-refractivity contribution in [3.63, 3.8) is 0 Å². The average Bonchev–Trinajstić information content (AvgIpc) is 4.18. The van der Waals surface area contributed by atoms with Gasteiger partial charge in [0.15, 0.2) is 0 Å². The molecule has 9 rings (SSSR count). The summed E-state index contributed by atoms with van der Waals surface area (Å²) in [5.74, 6) is 2.71. The van der Waals surface area contributed by atoms with Crippen molar-refractivity contribution in [2.75, 3.05) is 28.4 Å². The summed E-state index contributed by atoms with van der Waals surface area (Å²) in [5, 5.41) is 0. The van der Waals surface area contributed by atoms with Gasteiger partial charge in [0.1, 0.15) is 23.0 Å². The molecule has 5 heterocycles. The molecule has 0 atom stereocenters. The topological polar surface area (TPSA) is 94.3 Å². The molecule has 3 aromatic heterocycles. The molecule has 0 saturated carbocycles. The molecule has 0 unspecified atom stereocenters. The van der Waals surface area contributed by atoms with Gasteiger partial charge in [-0.2, -0.15) is 0 Å². The lowest BCUT2D eigenvalue weighted by molar-refractivity contribution is 0.394. The van der Waals surface area contributed by atoms with E-state index in [1.54, 1.807) is 28.4 Å². The van der Waals surface area contributed by atoms with Gasteiger partial charge in [-0.15, -0.1) is 0 Å². The van der Waals surface area contributed by atoms with Crippen LogP contribution in [0.4, 0.5) is 0 Å². The average molecular weight is 959 g/mol. The molecule has 2 aliphatic heterocycles. The van der Waals surface area contributed by atoms with Gasteiger partial charge in [0, 0.05) is 56.5 Å². The van der Waals surface area contributed by atoms with Crippen LogP contribution in [0.5, 0.6) is 23.0 Å². The van der Waals surface area contributed by atoms with Gasteiger partial charge in [-0.25, -0.2) is 9.97 Å². The van der Waals surface area contributed by atoms with Gasteiger partial charge in [-0.05, 0) is 139 Å². The van der Waals surface area contributed by atoms with Gasteiger partial charge in [0.2, 0.25) is 0 Å². The zero-order valence-corrected chi connectivity index (χ0v) is 45.1. The van der Waals surface area contributed by atoms with Crippen molar-refractivity contribution >= 4 is 46.4 Å². The molecule has 2 N–H and O–H groups in total. The van der Waals surface area contributed by atoms with Crippen LogP contribution in [-0.4, -0.2) is 48.4 Å². The van der Waals surface area contributed by atoms with Gasteiger partial charge < -0.3 is 28.9 Å². The van der Waals surface area contributed by atoms with Crippen LogP contribution in [0.2, 0.25) is 0 Å². The van der Waals surface area contributed by atoms with Gasteiger partial charge >= 0.3 is 0 Å². The van der Waals surface area contributed by atoms with E-state index in [9.17, 15) is 0 Å². The number of hydrogen-bond donors (Lipinski definition) is 2. The molecule has 4 aromatic carbocycles. The van der Waals surface area contributed by atoms with Crippen molar-refractivity contribution in [3.8, 4) is 67.5 Å². The first-order chi connectivity index (χ1) is 33.9. The molecule has 0 fully saturated rings. The quantitative estimate of drug-likeness (QED) is 0.158. The highest BCUT2D eigenvalue weighted by Crippen LogP contribution is 2.44. The van der Waals surface area contributed by atoms with E-state index in [-0.39, 0.29) is 21.7 Å². The second kappa shape index (κ2) is 18.4. The lowest BCUT2D eigenvalue weighted by Gasteiger charge is -2.26. The Balaban J connectivity index is 1.52. The normalized spacial score (nSPS) is 12.9. The number of hydrogen-bond acceptors (Lipinski definition) is 6. The monoisotopic (exact) mass is 959 g/mol. The van der Waals surface area contributed by atoms with Crippen molar-refractivity contribution in [2.24, 2.45) is 0 Å². The van der Waals surface area contributed by atoms with Crippen LogP contribution in [0.25, 0.3) is 90.9 Å². The molecule has 72 heavy (non-hydrogen) atoms. The standard InChI is InChI=1S/C64H70N4O4/c1-61(2,3)41-25-37(26-42(33-41)62(4,5)6)57-49-17-21-53(65-49)59(39-29-45(69-13)35-46(30-39)70-14)55-23-19-51(67-55)58(38-27-43(63(7,8)9)34-44(28-38)64(10,11)12)52-20-24-56(68-52)60(54-22-18-50(57)66-54)40-31-47(71-15)36-48(32-40)72-16/h17-36,65,68H,1-16H3. The van der Waals surface area contributed by atoms with E-state index in [4.69, 9.17) is 28.9 Å². The van der Waals surface area contributed by atoms with Crippen molar-refractivity contribution in [1.29, 1.82) is 0 Å². The largest absolute Gasteiger partial charge is 0.497 e. The molecule has 0 saturated heterocycles. The van der Waals surface area contributed by atoms with E-state index in [1.807, 2.05) is 12.1 Å². The molecule has 0 aliphatic carbocycles. The predicted molar refractivity (Wildman–Crippen MR) is 302 cm³/mol. The highest BCUT2D eigenvalue weighted by atomic mass is 16.5. The number of ether oxygens (including phenoxy) is 4. The SMILES string of the molecule is COc1cc(OC)cc(-c2c3nc(c(-c4cc(C(C)(C)C)cc(C(C)(C)C)c4)c4ccc([nH]4)c(-c4cc(OC)cc(OC)c4)c4nc(c(-c5cc(C(C)(C)C)cc(C(C)(C)C)c5)c5ccc2[nH]5)C=C4)C=C3)c1. The van der Waals surface area contributed by atoms with Gasteiger partial charge in [-0.3, -0.25) is 0 Å². The molecule has 8 heteroatoms. The number of benzene rings is 4. The predicted octanol–water partition coefficient (Wildman–Crippen LogP) is 16.5. The fourth-order valence-corrected chi connectivity index (χ4v) is 9.60. The third kappa shape index (κ3) is 9.71. The van der Waals surface area contributed by atoms with E-state index in [1.165, 1.54) is 22.3 Å². The van der Waals surface area contributed by atoms with Crippen molar-refractivity contribution in [1.82, 2.24) is 19.9 Å². The fourth-order valence-electron chi connectivity index (χ4n) is 9.60. The minimum atomic E-state index is -0.121. The molecule has 0 radical (unpaired) electrons. The second-order valence-electron chi connectivity index (χ2n) is 23.3. The number of nitrogens with zero attached hydrogens (tertiary/aromatic N) is 2. The summed E-state index contributed by atoms with van der Waals surface area (Å²) in [6, 6.07) is 34.8. The Morgan fingerprint density at radius 2 is 0.528 bits per heavy atom. The minimum Gasteiger partial charge on any atom is -0.497 e. The number of methoxy groups -OCH3 is 4. The number of aromatic amines is 2. The summed E-state index contributed by atoms with van der Waals surface area (Å²) in [6.07, 6.45) is 8.57. The van der Waals surface area contributed by atoms with Gasteiger partial charge in [0.05, 0.1) is 51.2 Å². The highest BCUT2D eigenvalue weighted by Gasteiger charge is 2.26. The molecular weight excluding hydrogens is 889 g/mol. The summed E-state index contributed by atoms with van der Waals surface area (Å²) in [5.41, 5.74) is 19.0. The zero-order chi connectivity index (χ0) is 51.7. The lowest BCUT2D eigenvalue weighted by atomic mass is 9.78. The molecule has 2 aliphatic rings. The summed E-state index contributed by atoms with van der Waals surface area (Å²) < 4.78 is 23.6. The van der Waals surface area contributed by atoms with E-state index in [0.29, 0.717) is 23.0 Å². The Hall–Kier alpha value is -7.32. The van der Waals surface area contributed by atoms with E-state index < -0.39 is 0 Å². The highest BCUT2D eigenvalue weighted by molar-refractivity contribution is 6.00. The van der Waals surface area contributed by atoms with Crippen LogP contribution in [-0.2, 0) is 21.7 Å². The third-order valence-corrected chi connectivity index (χ3v) is 13.9. The summed E-state index contributed by atoms with van der Waals surface area (Å²) in [7, 11) is 6.74. The number of aromatic nitrogens is 4. The lowest BCUT2D eigenvalue weighted by Crippen LogP contribution is -2.16. The van der Waals surface area contributed by atoms with Crippen molar-refractivity contribution < 1.29 is 18.9 Å². The number of rotatable bonds is 8. The van der Waals surface area contributed by atoms with E-state index >= 15 is 0 Å². The molecule has 8 bridgehead atoms. The number of fused-ring (bicyclic) bond motifs is 8. The van der Waals surface area contributed by atoms with Gasteiger partial charge in [0.25, 0.3) is 0 Å². The fraction of sp³-hybridized carbons (Fsp3) is 0.312. The molecule has 370 valence electrons. The Labute approximate surface area is 426 Å². The first-order valence-corrected chi connectivity index (χ1v) is 24.9. The summed E-state index contributed by atoms with van der Waals surface area (Å²) in [6.45, 7) is 27.3. The zero-order valence-electron chi connectivity index (χ0n) is 45.1. The molecule has 7 aromatic rings. The van der Waals surface area contributed by atoms with Crippen LogP contribution in [0.15, 0.2) is 97.1 Å². The van der Waals surface area contributed by atoms with Crippen LogP contribution >= 0.6 is 0 Å². The van der Waals surface area contributed by atoms with Crippen LogP contribution in [0, 0.1) is 0 Å². The van der Waals surface area contributed by atoms with Crippen molar-refractivity contribution in [3.05, 3.63) is 142 Å². The Kier molecular flexibility index (Phi) is 12.7. The molecular formula is C64H70N4O4. The minimum absolute atomic E-state index is 0.121. The van der Waals surface area contributed by atoms with Crippen LogP contribution in [0.1, 0.15) is 128 Å². The molecule has 8 nitrogen and oxygen atoms in total. The number of H-pyrrole nitrogens is 2. The second-order valence-corrected chi connectivity index (χ2v) is 23.3. The number of nitrogens with one attached hydrogen (secondary N) is 2. The van der Waals surface area contributed by atoms with E-state index in [0.717, 1.165) is 89.4 Å². The smallest absolute Gasteiger partial charge is 0.123 e. The van der Waals surface area contributed by atoms with Gasteiger partial charge in [-0.1, -0.05) is 119 Å². The maximum atomic E-state index is 5.90. The molecule has 0 amide bonds.